The van der Waals surface area contributed by atoms with Crippen LogP contribution in [0.2, 0.25) is 0 Å². The van der Waals surface area contributed by atoms with Crippen molar-refractivity contribution in [3.05, 3.63) is 0 Å². The summed E-state index contributed by atoms with van der Waals surface area (Å²) < 4.78 is 37.0. The molecule has 1 aliphatic rings. The third kappa shape index (κ3) is 5.92. The smallest absolute Gasteiger partial charge is 0.317 e. The third-order valence-corrected chi connectivity index (χ3v) is 2.72. The predicted molar refractivity (Wildman–Crippen MR) is 61.1 cm³/mol. The fraction of sp³-hybridized carbons (Fsp3) is 1.00. The highest BCUT2D eigenvalue weighted by Gasteiger charge is 2.33. The number of nitrogens with zero attached hydrogens (tertiary/aromatic N) is 1. The number of hydrogen-bond donors (Lipinski definition) is 1. The molecule has 1 heterocycles. The van der Waals surface area contributed by atoms with E-state index in [-0.39, 0.29) is 18.4 Å². The highest BCUT2D eigenvalue weighted by molar-refractivity contribution is 5.85. The van der Waals surface area contributed by atoms with Crippen molar-refractivity contribution in [2.45, 2.75) is 38.4 Å². The fourth-order valence-corrected chi connectivity index (χ4v) is 2.08. The van der Waals surface area contributed by atoms with Gasteiger partial charge in [0.25, 0.3) is 0 Å². The molecule has 0 bridgehead atoms. The van der Waals surface area contributed by atoms with Gasteiger partial charge in [-0.15, -0.1) is 12.4 Å². The molecule has 0 spiro atoms. The first-order chi connectivity index (χ1) is 7.03. The Hall–Kier alpha value is 0. The average Bonchev–Trinajstić information content (AvgIpc) is 2.17. The van der Waals surface area contributed by atoms with Crippen molar-refractivity contribution in [2.24, 2.45) is 0 Å². The van der Waals surface area contributed by atoms with Gasteiger partial charge in [-0.05, 0) is 38.9 Å². The molecule has 2 nitrogen and oxygen atoms in total. The van der Waals surface area contributed by atoms with Gasteiger partial charge in [-0.1, -0.05) is 6.92 Å². The van der Waals surface area contributed by atoms with Gasteiger partial charge >= 0.3 is 6.18 Å². The fourth-order valence-electron chi connectivity index (χ4n) is 2.08. The van der Waals surface area contributed by atoms with Crippen LogP contribution in [0, 0.1) is 0 Å². The molecule has 1 fully saturated rings. The van der Waals surface area contributed by atoms with Gasteiger partial charge in [0.05, 0.1) is 6.54 Å². The third-order valence-electron chi connectivity index (χ3n) is 2.72. The van der Waals surface area contributed by atoms with E-state index in [1.165, 1.54) is 0 Å². The van der Waals surface area contributed by atoms with E-state index in [1.807, 2.05) is 6.92 Å². The van der Waals surface area contributed by atoms with Crippen LogP contribution in [0.4, 0.5) is 13.2 Å². The van der Waals surface area contributed by atoms with Gasteiger partial charge in [-0.2, -0.15) is 13.2 Å². The van der Waals surface area contributed by atoms with Crippen LogP contribution in [-0.4, -0.2) is 43.3 Å². The Morgan fingerprint density at radius 2 is 1.81 bits per heavy atom. The van der Waals surface area contributed by atoms with Gasteiger partial charge in [0.1, 0.15) is 0 Å². The van der Waals surface area contributed by atoms with E-state index in [9.17, 15) is 13.2 Å². The first kappa shape index (κ1) is 16.0. The number of alkyl halides is 3. The number of rotatable bonds is 4. The van der Waals surface area contributed by atoms with Gasteiger partial charge in [0, 0.05) is 6.04 Å². The molecule has 1 saturated heterocycles. The van der Waals surface area contributed by atoms with E-state index in [0.29, 0.717) is 6.54 Å². The second kappa shape index (κ2) is 7.35. The second-order valence-corrected chi connectivity index (χ2v) is 4.07. The Bertz CT molecular complexity index is 181. The van der Waals surface area contributed by atoms with Gasteiger partial charge in [0.15, 0.2) is 0 Å². The second-order valence-electron chi connectivity index (χ2n) is 4.07. The lowest BCUT2D eigenvalue weighted by molar-refractivity contribution is -0.152. The summed E-state index contributed by atoms with van der Waals surface area (Å²) >= 11 is 0. The van der Waals surface area contributed by atoms with Gasteiger partial charge < -0.3 is 5.32 Å². The molecule has 16 heavy (non-hydrogen) atoms. The van der Waals surface area contributed by atoms with Crippen LogP contribution >= 0.6 is 12.4 Å². The predicted octanol–water partition coefficient (Wildman–Crippen LogP) is 2.43. The highest BCUT2D eigenvalue weighted by Crippen LogP contribution is 2.21. The van der Waals surface area contributed by atoms with Crippen LogP contribution in [0.25, 0.3) is 0 Å². The standard InChI is InChI=1S/C10H19F3N2.ClH/c1-2-7-15(8-10(11,12)13)9-3-5-14-6-4-9;/h9,14H,2-8H2,1H3;1H. The van der Waals surface area contributed by atoms with Gasteiger partial charge in [0.2, 0.25) is 0 Å². The zero-order valence-electron chi connectivity index (χ0n) is 9.52. The number of piperidine rings is 1. The molecule has 0 aromatic carbocycles. The summed E-state index contributed by atoms with van der Waals surface area (Å²) in [6, 6.07) is 0.104. The van der Waals surface area contributed by atoms with E-state index in [2.05, 4.69) is 5.32 Å². The van der Waals surface area contributed by atoms with Crippen LogP contribution in [-0.2, 0) is 0 Å². The van der Waals surface area contributed by atoms with Gasteiger partial charge in [-0.25, -0.2) is 0 Å². The van der Waals surface area contributed by atoms with Crippen molar-refractivity contribution in [1.82, 2.24) is 10.2 Å². The van der Waals surface area contributed by atoms with Crippen LogP contribution in [0.3, 0.4) is 0 Å². The van der Waals surface area contributed by atoms with Crippen molar-refractivity contribution in [3.8, 4) is 0 Å². The molecule has 0 amide bonds. The summed E-state index contributed by atoms with van der Waals surface area (Å²) in [5.41, 5.74) is 0. The van der Waals surface area contributed by atoms with Crippen LogP contribution in [0.5, 0.6) is 0 Å². The van der Waals surface area contributed by atoms with Crippen molar-refractivity contribution in [1.29, 1.82) is 0 Å². The van der Waals surface area contributed by atoms with Crippen LogP contribution < -0.4 is 5.32 Å². The van der Waals surface area contributed by atoms with Crippen molar-refractivity contribution >= 4 is 12.4 Å². The lowest BCUT2D eigenvalue weighted by Gasteiger charge is -2.34. The van der Waals surface area contributed by atoms with Crippen molar-refractivity contribution in [3.63, 3.8) is 0 Å². The van der Waals surface area contributed by atoms with Crippen molar-refractivity contribution in [2.75, 3.05) is 26.2 Å². The molecule has 0 atom stereocenters. The summed E-state index contributed by atoms with van der Waals surface area (Å²) in [6.07, 6.45) is -1.63. The molecular weight excluding hydrogens is 241 g/mol. The molecule has 1 N–H and O–H groups in total. The van der Waals surface area contributed by atoms with Crippen LogP contribution in [0.1, 0.15) is 26.2 Å². The Kier molecular flexibility index (Phi) is 7.35. The summed E-state index contributed by atoms with van der Waals surface area (Å²) in [6.45, 7) is 3.38. The highest BCUT2D eigenvalue weighted by atomic mass is 35.5. The summed E-state index contributed by atoms with van der Waals surface area (Å²) in [5, 5.41) is 3.17. The summed E-state index contributed by atoms with van der Waals surface area (Å²) in [5.74, 6) is 0. The number of nitrogens with one attached hydrogen (secondary N) is 1. The first-order valence-electron chi connectivity index (χ1n) is 5.54. The maximum Gasteiger partial charge on any atom is 0.401 e. The minimum Gasteiger partial charge on any atom is -0.317 e. The lowest BCUT2D eigenvalue weighted by Crippen LogP contribution is -2.47. The molecule has 1 rings (SSSR count). The monoisotopic (exact) mass is 260 g/mol. The largest absolute Gasteiger partial charge is 0.401 e. The maximum atomic E-state index is 12.3. The summed E-state index contributed by atoms with van der Waals surface area (Å²) in [4.78, 5) is 1.58. The molecule has 0 aliphatic carbocycles. The maximum absolute atomic E-state index is 12.3. The molecule has 0 unspecified atom stereocenters. The van der Waals surface area contributed by atoms with E-state index >= 15 is 0 Å². The average molecular weight is 261 g/mol. The minimum absolute atomic E-state index is 0. The minimum atomic E-state index is -4.07. The zero-order chi connectivity index (χ0) is 11.3. The SMILES string of the molecule is CCCN(CC(F)(F)F)C1CCNCC1.Cl. The molecule has 98 valence electrons. The quantitative estimate of drug-likeness (QED) is 0.835. The van der Waals surface area contributed by atoms with E-state index in [0.717, 1.165) is 32.4 Å². The van der Waals surface area contributed by atoms with E-state index < -0.39 is 12.7 Å². The Morgan fingerprint density at radius 3 is 2.25 bits per heavy atom. The zero-order valence-corrected chi connectivity index (χ0v) is 10.3. The Balaban J connectivity index is 0.00000225. The number of hydrogen-bond acceptors (Lipinski definition) is 2. The van der Waals surface area contributed by atoms with Gasteiger partial charge in [-0.3, -0.25) is 4.90 Å². The molecule has 0 radical (unpaired) electrons. The molecule has 0 aromatic heterocycles. The summed E-state index contributed by atoms with van der Waals surface area (Å²) in [7, 11) is 0. The molecule has 0 aromatic rings. The molecule has 6 heteroatoms. The Labute approximate surface area is 101 Å². The lowest BCUT2D eigenvalue weighted by atomic mass is 10.0. The normalized spacial score (nSPS) is 18.6. The molecule has 0 saturated carbocycles. The Morgan fingerprint density at radius 1 is 1.25 bits per heavy atom. The molecular formula is C10H20ClF3N2. The topological polar surface area (TPSA) is 15.3 Å². The van der Waals surface area contributed by atoms with E-state index in [1.54, 1.807) is 4.90 Å². The molecule has 1 aliphatic heterocycles. The number of halogens is 4. The first-order valence-corrected chi connectivity index (χ1v) is 5.54. The van der Waals surface area contributed by atoms with Crippen LogP contribution in [0.15, 0.2) is 0 Å². The van der Waals surface area contributed by atoms with Crippen molar-refractivity contribution < 1.29 is 13.2 Å². The van der Waals surface area contributed by atoms with E-state index in [4.69, 9.17) is 0 Å².